The predicted molar refractivity (Wildman–Crippen MR) is 166 cm³/mol. The van der Waals surface area contributed by atoms with Gasteiger partial charge in [0.05, 0.1) is 33.8 Å². The van der Waals surface area contributed by atoms with Gasteiger partial charge in [0.25, 0.3) is 0 Å². The first kappa shape index (κ1) is 24.8. The highest BCUT2D eigenvalue weighted by molar-refractivity contribution is 7.98. The van der Waals surface area contributed by atoms with Gasteiger partial charge in [-0.25, -0.2) is 9.97 Å². The first-order chi connectivity index (χ1) is 20.7. The van der Waals surface area contributed by atoms with Crippen molar-refractivity contribution in [2.75, 3.05) is 0 Å². The number of hydrogen-bond donors (Lipinski definition) is 4. The number of fused-ring (bicyclic) bond motifs is 3. The minimum absolute atomic E-state index is 0.575. The topological polar surface area (TPSA) is 140 Å². The van der Waals surface area contributed by atoms with Crippen molar-refractivity contribution in [2.45, 2.75) is 21.8 Å². The molecule has 0 bridgehead atoms. The summed E-state index contributed by atoms with van der Waals surface area (Å²) in [7, 11) is 0. The molecule has 204 valence electrons. The molecule has 12 heteroatoms. The SMILES string of the molecule is c1ccc2[nH]c(-c3nc(SCc4nc5ccccc5nc4CSc4n[nH]c(-c5cc6ccccc6[nH]5)n4)n[nH]3)cc2c1. The normalized spacial score (nSPS) is 11.7. The monoisotopic (exact) mass is 586 g/mol. The first-order valence-electron chi connectivity index (χ1n) is 13.3. The fourth-order valence-electron chi connectivity index (χ4n) is 4.83. The summed E-state index contributed by atoms with van der Waals surface area (Å²) in [5.74, 6) is 2.55. The highest BCUT2D eigenvalue weighted by Gasteiger charge is 2.15. The van der Waals surface area contributed by atoms with Gasteiger partial charge in [-0.1, -0.05) is 72.1 Å². The van der Waals surface area contributed by atoms with Crippen molar-refractivity contribution < 1.29 is 0 Å². The van der Waals surface area contributed by atoms with Crippen LogP contribution in [0.2, 0.25) is 0 Å². The molecule has 3 aromatic carbocycles. The Labute approximate surface area is 247 Å². The number of rotatable bonds is 8. The molecule has 0 amide bonds. The first-order valence-corrected chi connectivity index (χ1v) is 15.2. The number of H-pyrrole nitrogens is 4. The Balaban J connectivity index is 1.01. The third-order valence-corrected chi connectivity index (χ3v) is 8.62. The second-order valence-electron chi connectivity index (χ2n) is 9.66. The van der Waals surface area contributed by atoms with E-state index in [9.17, 15) is 0 Å². The Bertz CT molecular complexity index is 1970. The van der Waals surface area contributed by atoms with Gasteiger partial charge >= 0.3 is 0 Å². The van der Waals surface area contributed by atoms with Crippen LogP contribution in [0.1, 0.15) is 11.4 Å². The van der Waals surface area contributed by atoms with Gasteiger partial charge < -0.3 is 9.97 Å². The summed E-state index contributed by atoms with van der Waals surface area (Å²) < 4.78 is 0. The molecule has 5 heterocycles. The van der Waals surface area contributed by atoms with E-state index in [-0.39, 0.29) is 0 Å². The maximum atomic E-state index is 4.95. The van der Waals surface area contributed by atoms with Crippen LogP contribution in [-0.2, 0) is 11.5 Å². The Hall–Kier alpha value is -4.94. The minimum atomic E-state index is 0.575. The molecule has 0 aliphatic carbocycles. The zero-order valence-electron chi connectivity index (χ0n) is 22.0. The molecule has 42 heavy (non-hydrogen) atoms. The van der Waals surface area contributed by atoms with E-state index >= 15 is 0 Å². The fourth-order valence-corrected chi connectivity index (χ4v) is 6.36. The van der Waals surface area contributed by atoms with E-state index in [0.717, 1.165) is 55.6 Å². The smallest absolute Gasteiger partial charge is 0.209 e. The summed E-state index contributed by atoms with van der Waals surface area (Å²) in [6.45, 7) is 0. The maximum absolute atomic E-state index is 4.95. The number of benzene rings is 3. The summed E-state index contributed by atoms with van der Waals surface area (Å²) in [5.41, 5.74) is 7.40. The van der Waals surface area contributed by atoms with Gasteiger partial charge in [0.2, 0.25) is 10.3 Å². The molecule has 0 fully saturated rings. The highest BCUT2D eigenvalue weighted by atomic mass is 32.2. The van der Waals surface area contributed by atoms with Crippen molar-refractivity contribution in [1.82, 2.24) is 50.3 Å². The predicted octanol–water partition coefficient (Wildman–Crippen LogP) is 6.75. The average Bonchev–Trinajstić information content (AvgIpc) is 3.83. The molecule has 8 aromatic rings. The fraction of sp³-hybridized carbons (Fsp3) is 0.0667. The van der Waals surface area contributed by atoms with Gasteiger partial charge in [-0.3, -0.25) is 10.2 Å². The van der Waals surface area contributed by atoms with Gasteiger partial charge in [0, 0.05) is 33.3 Å². The molecule has 0 aliphatic rings. The second-order valence-corrected chi connectivity index (χ2v) is 11.5. The zero-order valence-corrected chi connectivity index (χ0v) is 23.6. The lowest BCUT2D eigenvalue weighted by molar-refractivity contribution is 0.965. The third kappa shape index (κ3) is 4.80. The molecule has 4 N–H and O–H groups in total. The molecule has 0 radical (unpaired) electrons. The Morgan fingerprint density at radius 2 is 0.976 bits per heavy atom. The quantitative estimate of drug-likeness (QED) is 0.143. The molecule has 0 saturated heterocycles. The van der Waals surface area contributed by atoms with Gasteiger partial charge in [-0.05, 0) is 36.4 Å². The number of nitrogens with zero attached hydrogens (tertiary/aromatic N) is 6. The van der Waals surface area contributed by atoms with Crippen molar-refractivity contribution in [3.8, 4) is 23.0 Å². The standard InChI is InChI=1S/C30H22N10S2/c1-3-9-19-17(7-1)13-23(31-19)27-35-29(39-37-27)41-15-25-26(34-22-12-6-5-11-21(22)33-25)16-42-30-36-28(38-40-30)24-14-18-8-2-4-10-20(18)32-24/h1-14,31-32H,15-16H2,(H,35,37,39)(H,36,38,40). The average molecular weight is 587 g/mol. The molecule has 10 nitrogen and oxygen atoms in total. The van der Waals surface area contributed by atoms with Crippen molar-refractivity contribution in [1.29, 1.82) is 0 Å². The number of nitrogens with one attached hydrogen (secondary N) is 4. The van der Waals surface area contributed by atoms with Crippen LogP contribution in [0.5, 0.6) is 0 Å². The van der Waals surface area contributed by atoms with E-state index in [0.29, 0.717) is 33.5 Å². The van der Waals surface area contributed by atoms with Crippen LogP contribution in [0, 0.1) is 0 Å². The summed E-state index contributed by atoms with van der Waals surface area (Å²) >= 11 is 3.05. The number of aromatic nitrogens is 10. The molecule has 0 unspecified atom stereocenters. The molecule has 5 aromatic heterocycles. The van der Waals surface area contributed by atoms with E-state index < -0.39 is 0 Å². The van der Waals surface area contributed by atoms with Crippen LogP contribution < -0.4 is 0 Å². The van der Waals surface area contributed by atoms with Crippen molar-refractivity contribution in [2.24, 2.45) is 0 Å². The van der Waals surface area contributed by atoms with Crippen LogP contribution in [0.4, 0.5) is 0 Å². The van der Waals surface area contributed by atoms with E-state index in [2.05, 4.69) is 54.6 Å². The highest BCUT2D eigenvalue weighted by Crippen LogP contribution is 2.29. The summed E-state index contributed by atoms with van der Waals surface area (Å²) in [5, 5.41) is 18.5. The minimum Gasteiger partial charge on any atom is -0.352 e. The van der Waals surface area contributed by atoms with Crippen LogP contribution >= 0.6 is 23.5 Å². The molecule has 0 saturated carbocycles. The zero-order chi connectivity index (χ0) is 27.9. The van der Waals surface area contributed by atoms with Crippen LogP contribution in [0.3, 0.4) is 0 Å². The Morgan fingerprint density at radius 1 is 0.524 bits per heavy atom. The summed E-state index contributed by atoms with van der Waals surface area (Å²) in [4.78, 5) is 26.1. The Morgan fingerprint density at radius 3 is 1.45 bits per heavy atom. The van der Waals surface area contributed by atoms with E-state index in [4.69, 9.17) is 19.9 Å². The number of hydrogen-bond acceptors (Lipinski definition) is 8. The van der Waals surface area contributed by atoms with Crippen LogP contribution in [-0.4, -0.2) is 50.3 Å². The van der Waals surface area contributed by atoms with Crippen LogP contribution in [0.25, 0.3) is 55.9 Å². The van der Waals surface area contributed by atoms with Gasteiger partial charge in [-0.15, -0.1) is 10.2 Å². The van der Waals surface area contributed by atoms with Gasteiger partial charge in [0.15, 0.2) is 11.6 Å². The molecular weight excluding hydrogens is 565 g/mol. The lowest BCUT2D eigenvalue weighted by Gasteiger charge is -2.08. The van der Waals surface area contributed by atoms with Gasteiger partial charge in [0.1, 0.15) is 0 Å². The number of aromatic amines is 4. The van der Waals surface area contributed by atoms with Gasteiger partial charge in [-0.2, -0.15) is 9.97 Å². The van der Waals surface area contributed by atoms with E-state index in [1.54, 1.807) is 0 Å². The van der Waals surface area contributed by atoms with Crippen molar-refractivity contribution in [3.63, 3.8) is 0 Å². The van der Waals surface area contributed by atoms with E-state index in [1.165, 1.54) is 23.5 Å². The summed E-state index contributed by atoms with van der Waals surface area (Å²) in [6, 6.07) is 28.3. The van der Waals surface area contributed by atoms with Crippen LogP contribution in [0.15, 0.2) is 95.2 Å². The van der Waals surface area contributed by atoms with E-state index in [1.807, 2.05) is 60.7 Å². The lowest BCUT2D eigenvalue weighted by atomic mass is 10.2. The van der Waals surface area contributed by atoms with Crippen molar-refractivity contribution >= 4 is 56.4 Å². The van der Waals surface area contributed by atoms with Crippen molar-refractivity contribution in [3.05, 3.63) is 96.3 Å². The largest absolute Gasteiger partial charge is 0.352 e. The Kier molecular flexibility index (Phi) is 6.19. The molecular formula is C30H22N10S2. The molecule has 0 spiro atoms. The third-order valence-electron chi connectivity index (χ3n) is 6.90. The number of para-hydroxylation sites is 4. The molecule has 0 atom stereocenters. The second kappa shape index (κ2) is 10.5. The molecule has 8 rings (SSSR count). The summed E-state index contributed by atoms with van der Waals surface area (Å²) in [6.07, 6.45) is 0. The maximum Gasteiger partial charge on any atom is 0.209 e. The lowest BCUT2D eigenvalue weighted by Crippen LogP contribution is -2.01. The molecule has 0 aliphatic heterocycles. The number of thioether (sulfide) groups is 2.